The maximum Gasteiger partial charge on any atom is 0.190 e. The zero-order valence-electron chi connectivity index (χ0n) is 19.6. The van der Waals surface area contributed by atoms with Gasteiger partial charge in [-0.05, 0) is 43.6 Å². The van der Waals surface area contributed by atoms with E-state index in [1.165, 1.54) is 11.1 Å². The second-order valence-corrected chi connectivity index (χ2v) is 8.48. The number of nitrogens with zero attached hydrogens (tertiary/aromatic N) is 4. The van der Waals surface area contributed by atoms with Crippen LogP contribution in [0.4, 0.5) is 0 Å². The Labute approximate surface area is 208 Å². The van der Waals surface area contributed by atoms with Gasteiger partial charge in [0.25, 0.3) is 0 Å². The van der Waals surface area contributed by atoms with Crippen LogP contribution in [0.25, 0.3) is 0 Å². The van der Waals surface area contributed by atoms with Gasteiger partial charge >= 0.3 is 0 Å². The lowest BCUT2D eigenvalue weighted by Crippen LogP contribution is -2.38. The van der Waals surface area contributed by atoms with Crippen molar-refractivity contribution in [3.8, 4) is 5.75 Å². The number of aromatic nitrogens is 3. The van der Waals surface area contributed by atoms with E-state index in [2.05, 4.69) is 63.3 Å². The summed E-state index contributed by atoms with van der Waals surface area (Å²) in [6.45, 7) is 9.11. The van der Waals surface area contributed by atoms with E-state index < -0.39 is 0 Å². The van der Waals surface area contributed by atoms with Crippen LogP contribution in [-0.2, 0) is 19.4 Å². The minimum atomic E-state index is 0. The molecular weight excluding hydrogens is 523 g/mol. The highest BCUT2D eigenvalue weighted by Crippen LogP contribution is 2.20. The molecule has 0 aliphatic rings. The number of nitrogens with one attached hydrogen (secondary N) is 2. The van der Waals surface area contributed by atoms with Crippen molar-refractivity contribution in [2.24, 2.45) is 10.9 Å². The SMILES string of the molecule is CN=C(NCCCc1nnc(SC)n1CC(C)C)NCCc1cc(C)ccc1OC.I. The molecule has 1 aromatic heterocycles. The molecule has 0 spiro atoms. The van der Waals surface area contributed by atoms with Gasteiger partial charge in [0.1, 0.15) is 11.6 Å². The van der Waals surface area contributed by atoms with Crippen LogP contribution in [0, 0.1) is 12.8 Å². The van der Waals surface area contributed by atoms with Crippen LogP contribution in [-0.4, -0.2) is 54.2 Å². The predicted molar refractivity (Wildman–Crippen MR) is 141 cm³/mol. The standard InChI is InChI=1S/C22H36N6OS.HI/c1-16(2)15-28-20(26-27-22(28)30-6)8-7-12-24-21(23-4)25-13-11-18-14-17(3)9-10-19(18)29-5;/h9-10,14,16H,7-8,11-13,15H2,1-6H3,(H2,23,24,25);1H. The normalized spacial score (nSPS) is 11.4. The minimum Gasteiger partial charge on any atom is -0.496 e. The van der Waals surface area contributed by atoms with Gasteiger partial charge < -0.3 is 19.9 Å². The van der Waals surface area contributed by atoms with Crippen LogP contribution >= 0.6 is 35.7 Å². The Bertz CT molecular complexity index is 824. The first-order valence-electron chi connectivity index (χ1n) is 10.5. The highest BCUT2D eigenvalue weighted by atomic mass is 127. The summed E-state index contributed by atoms with van der Waals surface area (Å²) in [5.74, 6) is 3.37. The van der Waals surface area contributed by atoms with Crippen LogP contribution < -0.4 is 15.4 Å². The number of ether oxygens (including phenoxy) is 1. The molecule has 9 heteroatoms. The number of aryl methyl sites for hydroxylation is 2. The number of rotatable bonds is 11. The van der Waals surface area contributed by atoms with E-state index in [4.69, 9.17) is 4.74 Å². The van der Waals surface area contributed by atoms with Crippen LogP contribution in [0.2, 0.25) is 0 Å². The quantitative estimate of drug-likeness (QED) is 0.143. The molecule has 0 amide bonds. The third kappa shape index (κ3) is 8.88. The minimum absolute atomic E-state index is 0. The van der Waals surface area contributed by atoms with Crippen molar-refractivity contribution in [1.82, 2.24) is 25.4 Å². The smallest absolute Gasteiger partial charge is 0.190 e. The highest BCUT2D eigenvalue weighted by Gasteiger charge is 2.12. The van der Waals surface area contributed by atoms with Gasteiger partial charge in [-0.1, -0.05) is 43.3 Å². The van der Waals surface area contributed by atoms with Gasteiger partial charge in [0, 0.05) is 33.1 Å². The van der Waals surface area contributed by atoms with Gasteiger partial charge in [0.05, 0.1) is 7.11 Å². The molecule has 7 nitrogen and oxygen atoms in total. The molecule has 0 fully saturated rings. The molecule has 0 aliphatic heterocycles. The molecule has 0 radical (unpaired) electrons. The van der Waals surface area contributed by atoms with E-state index >= 15 is 0 Å². The molecule has 2 rings (SSSR count). The number of thioether (sulfide) groups is 1. The number of benzene rings is 1. The molecule has 2 aromatic rings. The lowest BCUT2D eigenvalue weighted by Gasteiger charge is -2.14. The van der Waals surface area contributed by atoms with E-state index in [0.717, 1.165) is 61.6 Å². The molecule has 0 aliphatic carbocycles. The number of hydrogen-bond donors (Lipinski definition) is 2. The Morgan fingerprint density at radius 1 is 1.19 bits per heavy atom. The van der Waals surface area contributed by atoms with Crippen LogP contribution in [0.1, 0.15) is 37.2 Å². The van der Waals surface area contributed by atoms with E-state index in [1.54, 1.807) is 25.9 Å². The second kappa shape index (κ2) is 14.5. The maximum atomic E-state index is 5.46. The van der Waals surface area contributed by atoms with Crippen LogP contribution in [0.5, 0.6) is 5.75 Å². The van der Waals surface area contributed by atoms with Crippen LogP contribution in [0.15, 0.2) is 28.3 Å². The number of halogens is 1. The molecule has 1 heterocycles. The van der Waals surface area contributed by atoms with Crippen molar-refractivity contribution in [1.29, 1.82) is 0 Å². The monoisotopic (exact) mass is 560 g/mol. The Hall–Kier alpha value is -1.49. The highest BCUT2D eigenvalue weighted by molar-refractivity contribution is 14.0. The van der Waals surface area contributed by atoms with Crippen molar-refractivity contribution in [3.63, 3.8) is 0 Å². The molecule has 1 aromatic carbocycles. The van der Waals surface area contributed by atoms with Crippen molar-refractivity contribution >= 4 is 41.7 Å². The number of hydrogen-bond acceptors (Lipinski definition) is 5. The predicted octanol–water partition coefficient (Wildman–Crippen LogP) is 3.93. The third-order valence-electron chi connectivity index (χ3n) is 4.74. The molecule has 0 unspecified atom stereocenters. The fourth-order valence-corrected chi connectivity index (χ4v) is 3.82. The molecule has 31 heavy (non-hydrogen) atoms. The summed E-state index contributed by atoms with van der Waals surface area (Å²) < 4.78 is 7.71. The Balaban J connectivity index is 0.00000480. The van der Waals surface area contributed by atoms with Crippen molar-refractivity contribution in [2.75, 3.05) is 33.5 Å². The lowest BCUT2D eigenvalue weighted by atomic mass is 10.1. The molecule has 0 bridgehead atoms. The van der Waals surface area contributed by atoms with E-state index in [9.17, 15) is 0 Å². The Kier molecular flexibility index (Phi) is 12.9. The maximum absolute atomic E-state index is 5.46. The first kappa shape index (κ1) is 27.5. The van der Waals surface area contributed by atoms with Gasteiger partial charge in [-0.2, -0.15) is 0 Å². The topological polar surface area (TPSA) is 76.4 Å². The lowest BCUT2D eigenvalue weighted by molar-refractivity contribution is 0.409. The van der Waals surface area contributed by atoms with E-state index in [0.29, 0.717) is 5.92 Å². The van der Waals surface area contributed by atoms with Crippen molar-refractivity contribution in [3.05, 3.63) is 35.2 Å². The average molecular weight is 561 g/mol. The number of methoxy groups -OCH3 is 1. The summed E-state index contributed by atoms with van der Waals surface area (Å²) >= 11 is 1.65. The zero-order chi connectivity index (χ0) is 21.9. The second-order valence-electron chi connectivity index (χ2n) is 7.70. The van der Waals surface area contributed by atoms with E-state index in [1.807, 2.05) is 12.3 Å². The summed E-state index contributed by atoms with van der Waals surface area (Å²) in [6, 6.07) is 6.27. The molecule has 2 N–H and O–H groups in total. The fraction of sp³-hybridized carbons (Fsp3) is 0.591. The number of guanidine groups is 1. The largest absolute Gasteiger partial charge is 0.496 e. The third-order valence-corrected chi connectivity index (χ3v) is 5.41. The molecule has 0 saturated heterocycles. The summed E-state index contributed by atoms with van der Waals surface area (Å²) in [5, 5.41) is 16.5. The van der Waals surface area contributed by atoms with Crippen molar-refractivity contribution in [2.45, 2.75) is 51.7 Å². The number of aliphatic imine (C=N–C) groups is 1. The zero-order valence-corrected chi connectivity index (χ0v) is 22.7. The fourth-order valence-electron chi connectivity index (χ4n) is 3.30. The summed E-state index contributed by atoms with van der Waals surface area (Å²) in [4.78, 5) is 4.32. The average Bonchev–Trinajstić information content (AvgIpc) is 3.10. The van der Waals surface area contributed by atoms with Gasteiger partial charge in [-0.15, -0.1) is 34.2 Å². The first-order valence-corrected chi connectivity index (χ1v) is 11.7. The van der Waals surface area contributed by atoms with E-state index in [-0.39, 0.29) is 24.0 Å². The van der Waals surface area contributed by atoms with Gasteiger partial charge in [0.2, 0.25) is 0 Å². The van der Waals surface area contributed by atoms with Gasteiger partial charge in [0.15, 0.2) is 11.1 Å². The molecule has 174 valence electrons. The molecule has 0 saturated carbocycles. The summed E-state index contributed by atoms with van der Waals surface area (Å²) in [5.41, 5.74) is 2.44. The Morgan fingerprint density at radius 2 is 1.94 bits per heavy atom. The van der Waals surface area contributed by atoms with Gasteiger partial charge in [-0.3, -0.25) is 4.99 Å². The summed E-state index contributed by atoms with van der Waals surface area (Å²) in [7, 11) is 3.51. The van der Waals surface area contributed by atoms with Crippen LogP contribution in [0.3, 0.4) is 0 Å². The van der Waals surface area contributed by atoms with Gasteiger partial charge in [-0.25, -0.2) is 0 Å². The molecular formula is C22H37IN6OS. The molecule has 0 atom stereocenters. The Morgan fingerprint density at radius 3 is 2.58 bits per heavy atom. The summed E-state index contributed by atoms with van der Waals surface area (Å²) in [6.07, 6.45) is 4.79. The van der Waals surface area contributed by atoms with Crippen molar-refractivity contribution < 1.29 is 4.74 Å². The first-order chi connectivity index (χ1) is 14.5.